The molecule has 19 heavy (non-hydrogen) atoms. The Morgan fingerprint density at radius 1 is 1.26 bits per heavy atom. The van der Waals surface area contributed by atoms with E-state index in [1.165, 1.54) is 0 Å². The van der Waals surface area contributed by atoms with E-state index in [4.69, 9.17) is 0 Å². The molecule has 5 nitrogen and oxygen atoms in total. The van der Waals surface area contributed by atoms with Gasteiger partial charge in [-0.3, -0.25) is 14.6 Å². The molecule has 1 aliphatic rings. The third-order valence-electron chi connectivity index (χ3n) is 3.20. The number of aromatic nitrogens is 1. The van der Waals surface area contributed by atoms with E-state index >= 15 is 0 Å². The summed E-state index contributed by atoms with van der Waals surface area (Å²) in [6.07, 6.45) is 1.70. The summed E-state index contributed by atoms with van der Waals surface area (Å²) in [7, 11) is 0. The van der Waals surface area contributed by atoms with Gasteiger partial charge in [-0.25, -0.2) is 0 Å². The maximum absolute atomic E-state index is 12.5. The van der Waals surface area contributed by atoms with Crippen LogP contribution in [0.4, 0.5) is 0 Å². The summed E-state index contributed by atoms with van der Waals surface area (Å²) >= 11 is 0. The van der Waals surface area contributed by atoms with Crippen LogP contribution in [0, 0.1) is 0 Å². The Hall–Kier alpha value is -2.43. The Morgan fingerprint density at radius 3 is 3.00 bits per heavy atom. The van der Waals surface area contributed by atoms with E-state index in [2.05, 4.69) is 10.3 Å². The Kier molecular flexibility index (Phi) is 2.87. The van der Waals surface area contributed by atoms with Gasteiger partial charge in [0, 0.05) is 30.2 Å². The highest BCUT2D eigenvalue weighted by atomic mass is 16.2. The number of fused-ring (bicyclic) bond motifs is 1. The van der Waals surface area contributed by atoms with E-state index in [0.717, 1.165) is 10.9 Å². The maximum atomic E-state index is 12.5. The molecular weight excluding hydrogens is 242 g/mol. The summed E-state index contributed by atoms with van der Waals surface area (Å²) < 4.78 is 0. The number of benzene rings is 1. The van der Waals surface area contributed by atoms with Gasteiger partial charge in [0.1, 0.15) is 0 Å². The van der Waals surface area contributed by atoms with Crippen LogP contribution >= 0.6 is 0 Å². The molecule has 1 saturated heterocycles. The number of carbonyl (C=O) groups is 2. The molecule has 0 unspecified atom stereocenters. The van der Waals surface area contributed by atoms with Crippen molar-refractivity contribution in [2.45, 2.75) is 0 Å². The standard InChI is InChI=1S/C14H13N3O2/c18-13-9-17(8-7-16-13)14(19)11-3-1-5-12-10(11)4-2-6-15-12/h1-6H,7-9H2,(H,16,18). The minimum atomic E-state index is -0.117. The Labute approximate surface area is 110 Å². The molecule has 3 rings (SSSR count). The highest BCUT2D eigenvalue weighted by Gasteiger charge is 2.23. The summed E-state index contributed by atoms with van der Waals surface area (Å²) in [5, 5.41) is 3.53. The van der Waals surface area contributed by atoms with Crippen molar-refractivity contribution in [3.8, 4) is 0 Å². The molecule has 1 N–H and O–H groups in total. The van der Waals surface area contributed by atoms with Gasteiger partial charge in [0.05, 0.1) is 12.1 Å². The van der Waals surface area contributed by atoms with Crippen molar-refractivity contribution in [3.63, 3.8) is 0 Å². The minimum Gasteiger partial charge on any atom is -0.353 e. The number of piperazine rings is 1. The lowest BCUT2D eigenvalue weighted by molar-refractivity contribution is -0.123. The highest BCUT2D eigenvalue weighted by molar-refractivity contribution is 6.07. The first-order valence-corrected chi connectivity index (χ1v) is 6.15. The van der Waals surface area contributed by atoms with Crippen LogP contribution in [0.25, 0.3) is 10.9 Å². The molecule has 2 heterocycles. The predicted octanol–water partition coefficient (Wildman–Crippen LogP) is 0.807. The van der Waals surface area contributed by atoms with E-state index in [1.54, 1.807) is 17.2 Å². The number of nitrogens with zero attached hydrogens (tertiary/aromatic N) is 2. The van der Waals surface area contributed by atoms with Gasteiger partial charge in [0.2, 0.25) is 5.91 Å². The molecule has 2 aromatic rings. The fraction of sp³-hybridized carbons (Fsp3) is 0.214. The third kappa shape index (κ3) is 2.14. The van der Waals surface area contributed by atoms with Crippen molar-refractivity contribution in [1.82, 2.24) is 15.2 Å². The largest absolute Gasteiger partial charge is 0.353 e. The molecule has 1 aliphatic heterocycles. The molecule has 0 aliphatic carbocycles. The number of nitrogens with one attached hydrogen (secondary N) is 1. The average Bonchev–Trinajstić information content (AvgIpc) is 2.46. The van der Waals surface area contributed by atoms with E-state index in [-0.39, 0.29) is 18.4 Å². The molecule has 96 valence electrons. The summed E-state index contributed by atoms with van der Waals surface area (Å²) in [6, 6.07) is 9.14. The smallest absolute Gasteiger partial charge is 0.255 e. The summed E-state index contributed by atoms with van der Waals surface area (Å²) in [4.78, 5) is 29.6. The van der Waals surface area contributed by atoms with E-state index in [9.17, 15) is 9.59 Å². The van der Waals surface area contributed by atoms with Crippen LogP contribution in [0.5, 0.6) is 0 Å². The van der Waals surface area contributed by atoms with E-state index in [0.29, 0.717) is 18.7 Å². The van der Waals surface area contributed by atoms with Crippen molar-refractivity contribution in [1.29, 1.82) is 0 Å². The number of hydrogen-bond donors (Lipinski definition) is 1. The van der Waals surface area contributed by atoms with Gasteiger partial charge in [-0.05, 0) is 18.2 Å². The monoisotopic (exact) mass is 255 g/mol. The molecule has 0 spiro atoms. The number of rotatable bonds is 1. The molecule has 5 heteroatoms. The van der Waals surface area contributed by atoms with Crippen LogP contribution < -0.4 is 5.32 Å². The summed E-state index contributed by atoms with van der Waals surface area (Å²) in [5.41, 5.74) is 1.38. The number of pyridine rings is 1. The SMILES string of the molecule is O=C1CN(C(=O)c2cccc3ncccc23)CCN1. The zero-order chi connectivity index (χ0) is 13.2. The Balaban J connectivity index is 1.99. The molecule has 1 fully saturated rings. The van der Waals surface area contributed by atoms with Crippen LogP contribution in [0.3, 0.4) is 0 Å². The molecular formula is C14H13N3O2. The topological polar surface area (TPSA) is 62.3 Å². The Bertz CT molecular complexity index is 649. The van der Waals surface area contributed by atoms with Crippen LogP contribution in [-0.4, -0.2) is 41.3 Å². The van der Waals surface area contributed by atoms with Gasteiger partial charge in [-0.15, -0.1) is 0 Å². The van der Waals surface area contributed by atoms with Crippen molar-refractivity contribution in [3.05, 3.63) is 42.1 Å². The quantitative estimate of drug-likeness (QED) is 0.820. The number of carbonyl (C=O) groups excluding carboxylic acids is 2. The van der Waals surface area contributed by atoms with Crippen molar-refractivity contribution < 1.29 is 9.59 Å². The number of hydrogen-bond acceptors (Lipinski definition) is 3. The summed E-state index contributed by atoms with van der Waals surface area (Å²) in [6.45, 7) is 1.17. The molecule has 0 atom stereocenters. The van der Waals surface area contributed by atoms with Crippen molar-refractivity contribution in [2.75, 3.05) is 19.6 Å². The fourth-order valence-electron chi connectivity index (χ4n) is 2.27. The second kappa shape index (κ2) is 4.68. The molecule has 1 aromatic heterocycles. The normalized spacial score (nSPS) is 15.4. The highest BCUT2D eigenvalue weighted by Crippen LogP contribution is 2.18. The predicted molar refractivity (Wildman–Crippen MR) is 70.7 cm³/mol. The van der Waals surface area contributed by atoms with Crippen molar-refractivity contribution >= 4 is 22.7 Å². The van der Waals surface area contributed by atoms with Gasteiger partial charge in [-0.1, -0.05) is 12.1 Å². The zero-order valence-corrected chi connectivity index (χ0v) is 10.3. The molecule has 2 amide bonds. The Morgan fingerprint density at radius 2 is 2.16 bits per heavy atom. The summed E-state index contributed by atoms with van der Waals surface area (Å²) in [5.74, 6) is -0.230. The van der Waals surface area contributed by atoms with Crippen LogP contribution in [0.15, 0.2) is 36.5 Å². The third-order valence-corrected chi connectivity index (χ3v) is 3.20. The first-order chi connectivity index (χ1) is 9.25. The van der Waals surface area contributed by atoms with E-state index < -0.39 is 0 Å². The molecule has 0 radical (unpaired) electrons. The second-order valence-corrected chi connectivity index (χ2v) is 4.45. The second-order valence-electron chi connectivity index (χ2n) is 4.45. The lowest BCUT2D eigenvalue weighted by Gasteiger charge is -2.27. The first kappa shape index (κ1) is 11.6. The van der Waals surface area contributed by atoms with Gasteiger partial charge < -0.3 is 10.2 Å². The average molecular weight is 255 g/mol. The van der Waals surface area contributed by atoms with Gasteiger partial charge >= 0.3 is 0 Å². The van der Waals surface area contributed by atoms with E-state index in [1.807, 2.05) is 24.3 Å². The van der Waals surface area contributed by atoms with Crippen molar-refractivity contribution in [2.24, 2.45) is 0 Å². The minimum absolute atomic E-state index is 0.113. The zero-order valence-electron chi connectivity index (χ0n) is 10.3. The van der Waals surface area contributed by atoms with Crippen LogP contribution in [-0.2, 0) is 4.79 Å². The number of amides is 2. The lowest BCUT2D eigenvalue weighted by atomic mass is 10.1. The van der Waals surface area contributed by atoms with Gasteiger partial charge in [0.15, 0.2) is 0 Å². The fourth-order valence-corrected chi connectivity index (χ4v) is 2.27. The van der Waals surface area contributed by atoms with Gasteiger partial charge in [0.25, 0.3) is 5.91 Å². The molecule has 0 saturated carbocycles. The molecule has 0 bridgehead atoms. The lowest BCUT2D eigenvalue weighted by Crippen LogP contribution is -2.50. The maximum Gasteiger partial charge on any atom is 0.255 e. The first-order valence-electron chi connectivity index (χ1n) is 6.15. The molecule has 1 aromatic carbocycles. The van der Waals surface area contributed by atoms with Gasteiger partial charge in [-0.2, -0.15) is 0 Å². The van der Waals surface area contributed by atoms with Crippen LogP contribution in [0.2, 0.25) is 0 Å². The van der Waals surface area contributed by atoms with Crippen LogP contribution in [0.1, 0.15) is 10.4 Å².